The van der Waals surface area contributed by atoms with Gasteiger partial charge in [0.2, 0.25) is 0 Å². The van der Waals surface area contributed by atoms with E-state index in [1.54, 1.807) is 4.57 Å². The molecule has 1 aromatic heterocycles. The highest BCUT2D eigenvalue weighted by Crippen LogP contribution is 2.34. The fraction of sp³-hybridized carbons (Fsp3) is 0.235. The van der Waals surface area contributed by atoms with Crippen molar-refractivity contribution in [1.82, 2.24) is 9.55 Å². The maximum Gasteiger partial charge on any atom is 0.161 e. The average molecular weight is 353 g/mol. The molecule has 130 valence electrons. The second-order valence-corrected chi connectivity index (χ2v) is 6.16. The molecule has 0 fully saturated rings. The van der Waals surface area contributed by atoms with Crippen molar-refractivity contribution in [2.45, 2.75) is 24.9 Å². The van der Waals surface area contributed by atoms with Crippen LogP contribution in [0.15, 0.2) is 24.3 Å². The monoisotopic (exact) mass is 353 g/mol. The average Bonchev–Trinajstić information content (AvgIpc) is 2.88. The summed E-state index contributed by atoms with van der Waals surface area (Å²) in [7, 11) is 0. The molecule has 1 aliphatic heterocycles. The van der Waals surface area contributed by atoms with E-state index in [1.807, 2.05) is 0 Å². The van der Waals surface area contributed by atoms with Crippen LogP contribution >= 0.6 is 0 Å². The number of benzene rings is 2. The molecule has 0 amide bonds. The Hall–Kier alpha value is -2.48. The van der Waals surface area contributed by atoms with E-state index < -0.39 is 41.0 Å². The second kappa shape index (κ2) is 5.52. The summed E-state index contributed by atoms with van der Waals surface area (Å²) in [6, 6.07) is 2.49. The van der Waals surface area contributed by atoms with E-state index in [9.17, 15) is 22.0 Å². The Labute approximate surface area is 138 Å². The summed E-state index contributed by atoms with van der Waals surface area (Å²) >= 11 is 0. The number of rotatable bonds is 1. The van der Waals surface area contributed by atoms with Gasteiger partial charge in [-0.2, -0.15) is 0 Å². The summed E-state index contributed by atoms with van der Waals surface area (Å²) in [6.45, 7) is 0.123. The third-order valence-corrected chi connectivity index (χ3v) is 4.60. The van der Waals surface area contributed by atoms with Crippen LogP contribution in [-0.4, -0.2) is 15.6 Å². The first kappa shape index (κ1) is 16.0. The van der Waals surface area contributed by atoms with Gasteiger partial charge in [0.25, 0.3) is 0 Å². The van der Waals surface area contributed by atoms with E-state index in [0.717, 1.165) is 18.2 Å². The molecule has 2 aromatic carbocycles. The maximum absolute atomic E-state index is 14.1. The standard InChI is InChI=1S/C17H12F5N3/c18-7-1-13(22)17-15(2-7)25-6-14(23)9(4-16(25)24-17)8-3-11(20)12(21)5-10(8)19/h1-3,5,9,14H,4,6,23H2/t9-,14+/m1/s1. The smallest absolute Gasteiger partial charge is 0.161 e. The zero-order valence-electron chi connectivity index (χ0n) is 12.7. The van der Waals surface area contributed by atoms with Gasteiger partial charge in [-0.3, -0.25) is 0 Å². The second-order valence-electron chi connectivity index (χ2n) is 6.16. The van der Waals surface area contributed by atoms with E-state index in [0.29, 0.717) is 11.9 Å². The number of aromatic nitrogens is 2. The molecule has 0 aliphatic carbocycles. The van der Waals surface area contributed by atoms with Gasteiger partial charge >= 0.3 is 0 Å². The molecule has 25 heavy (non-hydrogen) atoms. The molecule has 4 rings (SSSR count). The highest BCUT2D eigenvalue weighted by molar-refractivity contribution is 5.77. The summed E-state index contributed by atoms with van der Waals surface area (Å²) < 4.78 is 69.7. The minimum atomic E-state index is -1.28. The van der Waals surface area contributed by atoms with E-state index in [-0.39, 0.29) is 29.6 Å². The van der Waals surface area contributed by atoms with E-state index >= 15 is 0 Å². The van der Waals surface area contributed by atoms with Crippen LogP contribution in [0.5, 0.6) is 0 Å². The molecule has 0 saturated heterocycles. The molecular formula is C17H12F5N3. The molecule has 2 atom stereocenters. The molecule has 2 heterocycles. The van der Waals surface area contributed by atoms with Gasteiger partial charge in [-0.1, -0.05) is 0 Å². The van der Waals surface area contributed by atoms with Crippen molar-refractivity contribution in [2.24, 2.45) is 5.73 Å². The molecule has 0 bridgehead atoms. The third-order valence-electron chi connectivity index (χ3n) is 4.60. The lowest BCUT2D eigenvalue weighted by atomic mass is 9.86. The van der Waals surface area contributed by atoms with Gasteiger partial charge in [0.15, 0.2) is 17.5 Å². The molecule has 1 aliphatic rings. The quantitative estimate of drug-likeness (QED) is 0.538. The predicted octanol–water partition coefficient (Wildman–Crippen LogP) is 3.40. The molecule has 8 heteroatoms. The van der Waals surface area contributed by atoms with Crippen LogP contribution in [0.3, 0.4) is 0 Å². The molecule has 2 N–H and O–H groups in total. The Morgan fingerprint density at radius 1 is 0.920 bits per heavy atom. The molecule has 0 unspecified atom stereocenters. The Morgan fingerprint density at radius 2 is 1.64 bits per heavy atom. The van der Waals surface area contributed by atoms with Gasteiger partial charge in [0.1, 0.15) is 23.0 Å². The van der Waals surface area contributed by atoms with Gasteiger partial charge in [-0.05, 0) is 17.7 Å². The van der Waals surface area contributed by atoms with Gasteiger partial charge in [0.05, 0.1) is 5.52 Å². The predicted molar refractivity (Wildman–Crippen MR) is 80.4 cm³/mol. The first-order valence-electron chi connectivity index (χ1n) is 7.59. The lowest BCUT2D eigenvalue weighted by Gasteiger charge is -2.30. The lowest BCUT2D eigenvalue weighted by molar-refractivity contribution is 0.391. The SMILES string of the molecule is N[C@H]1Cn2c(nc3c(F)cc(F)cc32)C[C@@H]1c1cc(F)c(F)cc1F. The Bertz CT molecular complexity index is 998. The first-order valence-corrected chi connectivity index (χ1v) is 7.59. The number of hydrogen-bond acceptors (Lipinski definition) is 2. The summed E-state index contributed by atoms with van der Waals surface area (Å²) in [6.07, 6.45) is 0.0961. The number of nitrogens with zero attached hydrogens (tertiary/aromatic N) is 2. The number of nitrogens with two attached hydrogens (primary N) is 1. The Kier molecular flexibility index (Phi) is 3.54. The van der Waals surface area contributed by atoms with Crippen LogP contribution < -0.4 is 5.73 Å². The van der Waals surface area contributed by atoms with Gasteiger partial charge in [-0.15, -0.1) is 0 Å². The van der Waals surface area contributed by atoms with Crippen LogP contribution in [0.2, 0.25) is 0 Å². The van der Waals surface area contributed by atoms with Crippen molar-refractivity contribution in [1.29, 1.82) is 0 Å². The lowest BCUT2D eigenvalue weighted by Crippen LogP contribution is -2.39. The van der Waals surface area contributed by atoms with Crippen molar-refractivity contribution >= 4 is 11.0 Å². The van der Waals surface area contributed by atoms with Gasteiger partial charge in [-0.25, -0.2) is 26.9 Å². The van der Waals surface area contributed by atoms with Crippen molar-refractivity contribution in [3.8, 4) is 0 Å². The fourth-order valence-electron chi connectivity index (χ4n) is 3.41. The van der Waals surface area contributed by atoms with Crippen molar-refractivity contribution in [3.05, 3.63) is 64.7 Å². The summed E-state index contributed by atoms with van der Waals surface area (Å²) in [5, 5.41) is 0. The zero-order valence-corrected chi connectivity index (χ0v) is 12.7. The molecule has 3 aromatic rings. The summed E-state index contributed by atoms with van der Waals surface area (Å²) in [5.74, 6) is -5.17. The third kappa shape index (κ3) is 2.48. The molecule has 0 radical (unpaired) electrons. The number of halogens is 5. The van der Waals surface area contributed by atoms with Crippen molar-refractivity contribution in [3.63, 3.8) is 0 Å². The molecule has 3 nitrogen and oxygen atoms in total. The molecule has 0 spiro atoms. The van der Waals surface area contributed by atoms with Gasteiger partial charge in [0, 0.05) is 37.1 Å². The Balaban J connectivity index is 1.82. The van der Waals surface area contributed by atoms with Crippen LogP contribution in [0.1, 0.15) is 17.3 Å². The van der Waals surface area contributed by atoms with Gasteiger partial charge < -0.3 is 10.3 Å². The van der Waals surface area contributed by atoms with Crippen LogP contribution in [0.4, 0.5) is 22.0 Å². The minimum Gasteiger partial charge on any atom is -0.326 e. The highest BCUT2D eigenvalue weighted by atomic mass is 19.2. The topological polar surface area (TPSA) is 43.8 Å². The van der Waals surface area contributed by atoms with Crippen LogP contribution in [-0.2, 0) is 13.0 Å². The van der Waals surface area contributed by atoms with E-state index in [4.69, 9.17) is 5.73 Å². The van der Waals surface area contributed by atoms with Crippen LogP contribution in [0.25, 0.3) is 11.0 Å². The number of hydrogen-bond donors (Lipinski definition) is 1. The fourth-order valence-corrected chi connectivity index (χ4v) is 3.41. The van der Waals surface area contributed by atoms with E-state index in [1.165, 1.54) is 0 Å². The number of fused-ring (bicyclic) bond motifs is 3. The van der Waals surface area contributed by atoms with Crippen LogP contribution in [0, 0.1) is 29.1 Å². The van der Waals surface area contributed by atoms with E-state index in [2.05, 4.69) is 4.98 Å². The normalized spacial score (nSPS) is 20.1. The molecule has 0 saturated carbocycles. The first-order chi connectivity index (χ1) is 11.8. The van der Waals surface area contributed by atoms with Crippen molar-refractivity contribution < 1.29 is 22.0 Å². The minimum absolute atomic E-state index is 0.00462. The number of imidazole rings is 1. The largest absolute Gasteiger partial charge is 0.326 e. The van der Waals surface area contributed by atoms with Crippen molar-refractivity contribution in [2.75, 3.05) is 0 Å². The highest BCUT2D eigenvalue weighted by Gasteiger charge is 2.32. The Morgan fingerprint density at radius 3 is 2.40 bits per heavy atom. The maximum atomic E-state index is 14.1. The summed E-state index contributed by atoms with van der Waals surface area (Å²) in [4.78, 5) is 4.15. The zero-order chi connectivity index (χ0) is 17.9. The summed E-state index contributed by atoms with van der Waals surface area (Å²) in [5.41, 5.74) is 6.28. The molecular weight excluding hydrogens is 341 g/mol.